The summed E-state index contributed by atoms with van der Waals surface area (Å²) in [7, 11) is 0. The summed E-state index contributed by atoms with van der Waals surface area (Å²) in [5.74, 6) is 0.716. The molecule has 0 bridgehead atoms. The van der Waals surface area contributed by atoms with Gasteiger partial charge in [-0.3, -0.25) is 0 Å². The first-order chi connectivity index (χ1) is 4.79. The van der Waals surface area contributed by atoms with Crippen LogP contribution in [0.3, 0.4) is 0 Å². The Morgan fingerprint density at radius 3 is 3.20 bits per heavy atom. The maximum absolute atomic E-state index is 5.17. The molecule has 0 amide bonds. The highest BCUT2D eigenvalue weighted by Gasteiger charge is 2.04. The molecule has 0 saturated carbocycles. The lowest BCUT2D eigenvalue weighted by Gasteiger charge is -2.01. The van der Waals surface area contributed by atoms with Gasteiger partial charge >= 0.3 is 0 Å². The average Bonchev–Trinajstić information content (AvgIpc) is 2.34. The molecular formula is C5H8N2O2S. The van der Waals surface area contributed by atoms with Crippen LogP contribution in [0, 0.1) is 0 Å². The molecule has 3 N–H and O–H groups in total. The van der Waals surface area contributed by atoms with E-state index >= 15 is 0 Å². The zero-order valence-corrected chi connectivity index (χ0v) is 6.11. The lowest BCUT2D eigenvalue weighted by Crippen LogP contribution is -2.30. The SMILES string of the molecule is NC(=S)NCC1=COCO1. The molecule has 1 heterocycles. The van der Waals surface area contributed by atoms with Crippen molar-refractivity contribution in [3.05, 3.63) is 12.0 Å². The van der Waals surface area contributed by atoms with Crippen molar-refractivity contribution in [3.8, 4) is 0 Å². The first kappa shape index (κ1) is 7.14. The third kappa shape index (κ3) is 2.10. The number of nitrogens with two attached hydrogens (primary N) is 1. The smallest absolute Gasteiger partial charge is 0.229 e. The molecule has 5 heteroatoms. The van der Waals surface area contributed by atoms with Crippen molar-refractivity contribution in [1.29, 1.82) is 0 Å². The molecule has 10 heavy (non-hydrogen) atoms. The topological polar surface area (TPSA) is 56.5 Å². The second-order valence-electron chi connectivity index (χ2n) is 1.73. The quantitative estimate of drug-likeness (QED) is 0.541. The van der Waals surface area contributed by atoms with Crippen LogP contribution in [0.1, 0.15) is 0 Å². The van der Waals surface area contributed by atoms with Crippen LogP contribution in [-0.4, -0.2) is 18.5 Å². The van der Waals surface area contributed by atoms with Crippen LogP contribution in [0.25, 0.3) is 0 Å². The van der Waals surface area contributed by atoms with Crippen molar-refractivity contribution in [2.45, 2.75) is 0 Å². The minimum atomic E-state index is 0.261. The van der Waals surface area contributed by atoms with E-state index in [1.807, 2.05) is 0 Å². The highest BCUT2D eigenvalue weighted by Crippen LogP contribution is 2.03. The number of hydrogen-bond donors (Lipinski definition) is 2. The minimum Gasteiger partial charge on any atom is -0.462 e. The summed E-state index contributed by atoms with van der Waals surface area (Å²) in [6, 6.07) is 0. The van der Waals surface area contributed by atoms with Gasteiger partial charge in [0.15, 0.2) is 10.9 Å². The summed E-state index contributed by atoms with van der Waals surface area (Å²) in [6.07, 6.45) is 1.53. The van der Waals surface area contributed by atoms with Gasteiger partial charge in [-0.05, 0) is 12.2 Å². The second kappa shape index (κ2) is 3.26. The van der Waals surface area contributed by atoms with E-state index in [0.717, 1.165) is 0 Å². The van der Waals surface area contributed by atoms with E-state index in [1.165, 1.54) is 6.26 Å². The molecule has 1 aliphatic heterocycles. The Hall–Kier alpha value is -0.970. The van der Waals surface area contributed by atoms with E-state index in [0.29, 0.717) is 12.3 Å². The fraction of sp³-hybridized carbons (Fsp3) is 0.400. The molecule has 0 aromatic heterocycles. The van der Waals surface area contributed by atoms with Gasteiger partial charge in [0.1, 0.15) is 6.26 Å². The van der Waals surface area contributed by atoms with Crippen molar-refractivity contribution in [1.82, 2.24) is 5.32 Å². The van der Waals surface area contributed by atoms with E-state index < -0.39 is 0 Å². The Bertz CT molecular complexity index is 169. The van der Waals surface area contributed by atoms with Crippen molar-refractivity contribution in [3.63, 3.8) is 0 Å². The van der Waals surface area contributed by atoms with Crippen LogP contribution >= 0.6 is 12.2 Å². The molecule has 1 aliphatic rings. The Morgan fingerprint density at radius 1 is 1.90 bits per heavy atom. The molecule has 0 unspecified atom stereocenters. The molecular weight excluding hydrogens is 152 g/mol. The maximum Gasteiger partial charge on any atom is 0.229 e. The van der Waals surface area contributed by atoms with Gasteiger partial charge in [0.05, 0.1) is 6.54 Å². The molecule has 4 nitrogen and oxygen atoms in total. The molecule has 0 spiro atoms. The standard InChI is InChI=1S/C5H8N2O2S/c6-5(10)7-1-4-2-8-3-9-4/h2H,1,3H2,(H3,6,7,10). The minimum absolute atomic E-state index is 0.261. The molecule has 56 valence electrons. The van der Waals surface area contributed by atoms with Gasteiger partial charge < -0.3 is 20.5 Å². The lowest BCUT2D eigenvalue weighted by molar-refractivity contribution is 0.0795. The van der Waals surface area contributed by atoms with E-state index in [-0.39, 0.29) is 11.9 Å². The summed E-state index contributed by atoms with van der Waals surface area (Å²) in [6.45, 7) is 0.781. The molecule has 1 rings (SSSR count). The molecule has 0 aromatic rings. The number of rotatable bonds is 2. The van der Waals surface area contributed by atoms with Crippen molar-refractivity contribution < 1.29 is 9.47 Å². The predicted octanol–water partition coefficient (Wildman–Crippen LogP) is -0.335. The van der Waals surface area contributed by atoms with E-state index in [1.54, 1.807) is 0 Å². The Morgan fingerprint density at radius 2 is 2.70 bits per heavy atom. The number of ether oxygens (including phenoxy) is 2. The van der Waals surface area contributed by atoms with Crippen LogP contribution in [0.5, 0.6) is 0 Å². The van der Waals surface area contributed by atoms with Crippen LogP contribution in [-0.2, 0) is 9.47 Å². The number of hydrogen-bond acceptors (Lipinski definition) is 3. The summed E-state index contributed by atoms with van der Waals surface area (Å²) in [5.41, 5.74) is 5.17. The van der Waals surface area contributed by atoms with Crippen LogP contribution in [0.15, 0.2) is 12.0 Å². The summed E-state index contributed by atoms with van der Waals surface area (Å²) in [4.78, 5) is 0. The maximum atomic E-state index is 5.17. The highest BCUT2D eigenvalue weighted by molar-refractivity contribution is 7.80. The third-order valence-corrected chi connectivity index (χ3v) is 1.11. The highest BCUT2D eigenvalue weighted by atomic mass is 32.1. The zero-order valence-electron chi connectivity index (χ0n) is 5.29. The third-order valence-electron chi connectivity index (χ3n) is 0.964. The largest absolute Gasteiger partial charge is 0.462 e. The predicted molar refractivity (Wildman–Crippen MR) is 39.9 cm³/mol. The average molecular weight is 160 g/mol. The van der Waals surface area contributed by atoms with Gasteiger partial charge in [0.2, 0.25) is 6.79 Å². The van der Waals surface area contributed by atoms with Crippen molar-refractivity contribution in [2.24, 2.45) is 5.73 Å². The lowest BCUT2D eigenvalue weighted by atomic mass is 10.5. The van der Waals surface area contributed by atoms with Crippen molar-refractivity contribution >= 4 is 17.3 Å². The van der Waals surface area contributed by atoms with E-state index in [4.69, 9.17) is 15.2 Å². The van der Waals surface area contributed by atoms with Gasteiger partial charge in [-0.15, -0.1) is 0 Å². The molecule has 0 radical (unpaired) electrons. The fourth-order valence-corrected chi connectivity index (χ4v) is 0.610. The van der Waals surface area contributed by atoms with Gasteiger partial charge in [-0.1, -0.05) is 0 Å². The van der Waals surface area contributed by atoms with E-state index in [9.17, 15) is 0 Å². The molecule has 0 saturated heterocycles. The van der Waals surface area contributed by atoms with Gasteiger partial charge in [-0.2, -0.15) is 0 Å². The zero-order chi connectivity index (χ0) is 7.40. The number of nitrogens with one attached hydrogen (secondary N) is 1. The van der Waals surface area contributed by atoms with Crippen LogP contribution in [0.4, 0.5) is 0 Å². The van der Waals surface area contributed by atoms with Crippen LogP contribution in [0.2, 0.25) is 0 Å². The normalized spacial score (nSPS) is 15.0. The first-order valence-electron chi connectivity index (χ1n) is 2.76. The summed E-state index contributed by atoms with van der Waals surface area (Å²) >= 11 is 4.57. The molecule has 0 aromatic carbocycles. The van der Waals surface area contributed by atoms with Gasteiger partial charge in [-0.25, -0.2) is 0 Å². The molecule has 0 atom stereocenters. The van der Waals surface area contributed by atoms with E-state index in [2.05, 4.69) is 17.5 Å². The van der Waals surface area contributed by atoms with Gasteiger partial charge in [0, 0.05) is 0 Å². The second-order valence-corrected chi connectivity index (χ2v) is 2.17. The van der Waals surface area contributed by atoms with Crippen molar-refractivity contribution in [2.75, 3.05) is 13.3 Å². The molecule has 0 fully saturated rings. The number of thiocarbonyl (C=S) groups is 1. The summed E-state index contributed by atoms with van der Waals surface area (Å²) < 4.78 is 9.75. The van der Waals surface area contributed by atoms with Crippen LogP contribution < -0.4 is 11.1 Å². The Labute approximate surface area is 64.0 Å². The summed E-state index contributed by atoms with van der Waals surface area (Å²) in [5, 5.41) is 2.98. The Kier molecular flexibility index (Phi) is 2.33. The van der Waals surface area contributed by atoms with Gasteiger partial charge in [0.25, 0.3) is 0 Å². The first-order valence-corrected chi connectivity index (χ1v) is 3.16. The molecule has 0 aliphatic carbocycles. The fourth-order valence-electron chi connectivity index (χ4n) is 0.538. The monoisotopic (exact) mass is 160 g/mol. The Balaban J connectivity index is 2.19.